The van der Waals surface area contributed by atoms with Crippen molar-refractivity contribution in [2.24, 2.45) is 0 Å². The van der Waals surface area contributed by atoms with Gasteiger partial charge < -0.3 is 10.3 Å². The lowest BCUT2D eigenvalue weighted by Crippen LogP contribution is -2.21. The number of oxazole rings is 1. The number of nitrogens with zero attached hydrogens (tertiary/aromatic N) is 2. The number of hydrogen-bond acceptors (Lipinski definition) is 4. The average molecular weight is 151 g/mol. The van der Waals surface area contributed by atoms with Crippen LogP contribution < -0.4 is 11.6 Å². The van der Waals surface area contributed by atoms with Crippen LogP contribution in [0.4, 0.5) is 0 Å². The first-order valence-electron chi connectivity index (χ1n) is 2.99. The SMILES string of the molecule is Nn1c(=O)oc2cnccc21. The second-order valence-electron chi connectivity index (χ2n) is 2.08. The van der Waals surface area contributed by atoms with E-state index in [-0.39, 0.29) is 0 Å². The molecule has 0 atom stereocenters. The van der Waals surface area contributed by atoms with E-state index >= 15 is 0 Å². The smallest absolute Gasteiger partial charge is 0.405 e. The molecule has 0 saturated heterocycles. The van der Waals surface area contributed by atoms with Crippen molar-refractivity contribution in [1.29, 1.82) is 0 Å². The molecular formula is C6H5N3O2. The Morgan fingerprint density at radius 2 is 2.45 bits per heavy atom. The van der Waals surface area contributed by atoms with Crippen LogP contribution in [-0.2, 0) is 0 Å². The van der Waals surface area contributed by atoms with E-state index in [9.17, 15) is 4.79 Å². The van der Waals surface area contributed by atoms with E-state index in [1.54, 1.807) is 12.3 Å². The molecule has 0 amide bonds. The minimum Gasteiger partial charge on any atom is -0.405 e. The molecular weight excluding hydrogens is 146 g/mol. The first kappa shape index (κ1) is 5.96. The minimum atomic E-state index is -0.576. The second kappa shape index (κ2) is 1.85. The summed E-state index contributed by atoms with van der Waals surface area (Å²) in [7, 11) is 0. The Morgan fingerprint density at radius 3 is 3.18 bits per heavy atom. The van der Waals surface area contributed by atoms with Crippen molar-refractivity contribution < 1.29 is 4.42 Å². The van der Waals surface area contributed by atoms with Gasteiger partial charge in [-0.3, -0.25) is 4.98 Å². The molecule has 2 aromatic heterocycles. The predicted molar refractivity (Wildman–Crippen MR) is 38.4 cm³/mol. The molecule has 0 fully saturated rings. The quantitative estimate of drug-likeness (QED) is 0.525. The molecule has 2 rings (SSSR count). The maximum Gasteiger partial charge on any atom is 0.438 e. The Kier molecular flexibility index (Phi) is 1.00. The molecule has 2 heterocycles. The summed E-state index contributed by atoms with van der Waals surface area (Å²) in [6.07, 6.45) is 2.99. The van der Waals surface area contributed by atoms with Crippen LogP contribution in [0.1, 0.15) is 0 Å². The zero-order chi connectivity index (χ0) is 7.84. The molecule has 0 bridgehead atoms. The van der Waals surface area contributed by atoms with Gasteiger partial charge in [0, 0.05) is 6.20 Å². The molecule has 0 aliphatic rings. The van der Waals surface area contributed by atoms with Crippen molar-refractivity contribution in [3.05, 3.63) is 29.0 Å². The van der Waals surface area contributed by atoms with Gasteiger partial charge in [0.15, 0.2) is 5.58 Å². The Labute approximate surface area is 61.0 Å². The fourth-order valence-electron chi connectivity index (χ4n) is 0.892. The predicted octanol–water partition coefficient (Wildman–Crippen LogP) is -0.297. The summed E-state index contributed by atoms with van der Waals surface area (Å²) in [4.78, 5) is 14.5. The van der Waals surface area contributed by atoms with Gasteiger partial charge >= 0.3 is 5.76 Å². The summed E-state index contributed by atoms with van der Waals surface area (Å²) >= 11 is 0. The summed E-state index contributed by atoms with van der Waals surface area (Å²) in [6.45, 7) is 0. The minimum absolute atomic E-state index is 0.403. The van der Waals surface area contributed by atoms with E-state index in [0.717, 1.165) is 4.68 Å². The third-order valence-corrected chi connectivity index (χ3v) is 1.42. The van der Waals surface area contributed by atoms with Crippen LogP contribution in [0.2, 0.25) is 0 Å². The number of rotatable bonds is 0. The number of aromatic nitrogens is 2. The van der Waals surface area contributed by atoms with E-state index in [0.29, 0.717) is 11.1 Å². The zero-order valence-corrected chi connectivity index (χ0v) is 5.52. The Morgan fingerprint density at radius 1 is 1.64 bits per heavy atom. The Balaban J connectivity index is 3.04. The number of nitrogen functional groups attached to an aromatic ring is 1. The van der Waals surface area contributed by atoms with Crippen molar-refractivity contribution in [1.82, 2.24) is 9.66 Å². The van der Waals surface area contributed by atoms with Gasteiger partial charge in [0.05, 0.1) is 6.20 Å². The molecule has 0 saturated carbocycles. The topological polar surface area (TPSA) is 74.0 Å². The summed E-state index contributed by atoms with van der Waals surface area (Å²) in [6, 6.07) is 1.61. The van der Waals surface area contributed by atoms with E-state index < -0.39 is 5.76 Å². The van der Waals surface area contributed by atoms with Crippen molar-refractivity contribution in [2.45, 2.75) is 0 Å². The van der Waals surface area contributed by atoms with Gasteiger partial charge in [-0.25, -0.2) is 4.79 Å². The van der Waals surface area contributed by atoms with E-state index in [4.69, 9.17) is 10.3 Å². The van der Waals surface area contributed by atoms with Crippen molar-refractivity contribution in [2.75, 3.05) is 5.84 Å². The first-order chi connectivity index (χ1) is 5.29. The number of hydrogen-bond donors (Lipinski definition) is 1. The van der Waals surface area contributed by atoms with Gasteiger partial charge in [-0.1, -0.05) is 0 Å². The fourth-order valence-corrected chi connectivity index (χ4v) is 0.892. The molecule has 0 spiro atoms. The van der Waals surface area contributed by atoms with Gasteiger partial charge in [0.1, 0.15) is 5.52 Å². The molecule has 0 aliphatic heterocycles. The molecule has 0 unspecified atom stereocenters. The molecule has 11 heavy (non-hydrogen) atoms. The van der Waals surface area contributed by atoms with Crippen LogP contribution in [0.5, 0.6) is 0 Å². The lowest BCUT2D eigenvalue weighted by atomic mass is 10.4. The lowest BCUT2D eigenvalue weighted by molar-refractivity contribution is 0.534. The summed E-state index contributed by atoms with van der Waals surface area (Å²) in [5, 5.41) is 0. The van der Waals surface area contributed by atoms with Crippen LogP contribution in [0.3, 0.4) is 0 Å². The molecule has 5 nitrogen and oxygen atoms in total. The monoisotopic (exact) mass is 151 g/mol. The maximum absolute atomic E-state index is 10.8. The van der Waals surface area contributed by atoms with Crippen LogP contribution in [0.25, 0.3) is 11.1 Å². The molecule has 0 aromatic carbocycles. The molecule has 2 N–H and O–H groups in total. The van der Waals surface area contributed by atoms with E-state index in [2.05, 4.69) is 4.98 Å². The Hall–Kier alpha value is -1.78. The van der Waals surface area contributed by atoms with Crippen molar-refractivity contribution in [3.8, 4) is 0 Å². The second-order valence-corrected chi connectivity index (χ2v) is 2.08. The van der Waals surface area contributed by atoms with Crippen LogP contribution >= 0.6 is 0 Å². The highest BCUT2D eigenvalue weighted by molar-refractivity contribution is 5.71. The van der Waals surface area contributed by atoms with Crippen LogP contribution in [-0.4, -0.2) is 9.66 Å². The number of fused-ring (bicyclic) bond motifs is 1. The van der Waals surface area contributed by atoms with Gasteiger partial charge in [-0.2, -0.15) is 4.68 Å². The highest BCUT2D eigenvalue weighted by atomic mass is 16.4. The highest BCUT2D eigenvalue weighted by Crippen LogP contribution is 2.06. The van der Waals surface area contributed by atoms with Crippen LogP contribution in [0.15, 0.2) is 27.7 Å². The number of pyridine rings is 1. The molecule has 5 heteroatoms. The molecule has 0 aliphatic carbocycles. The fraction of sp³-hybridized carbons (Fsp3) is 0. The average Bonchev–Trinajstić information content (AvgIpc) is 2.30. The highest BCUT2D eigenvalue weighted by Gasteiger charge is 2.03. The third kappa shape index (κ3) is 0.706. The standard InChI is InChI=1S/C6H5N3O2/c7-9-4-1-2-8-3-5(4)11-6(9)10/h1-3H,7H2. The maximum atomic E-state index is 10.8. The van der Waals surface area contributed by atoms with Gasteiger partial charge in [0.25, 0.3) is 0 Å². The normalized spacial score (nSPS) is 10.5. The van der Waals surface area contributed by atoms with Gasteiger partial charge in [0.2, 0.25) is 0 Å². The van der Waals surface area contributed by atoms with Crippen LogP contribution in [0, 0.1) is 0 Å². The van der Waals surface area contributed by atoms with Gasteiger partial charge in [-0.05, 0) is 6.07 Å². The summed E-state index contributed by atoms with van der Waals surface area (Å²) < 4.78 is 5.66. The lowest BCUT2D eigenvalue weighted by Gasteiger charge is -1.87. The molecule has 2 aromatic rings. The van der Waals surface area contributed by atoms with Crippen molar-refractivity contribution >= 4 is 11.1 Å². The number of nitrogens with two attached hydrogens (primary N) is 1. The summed E-state index contributed by atoms with van der Waals surface area (Å²) in [5.74, 6) is 4.74. The Bertz CT molecular complexity index is 442. The summed E-state index contributed by atoms with van der Waals surface area (Å²) in [5.41, 5.74) is 0.949. The first-order valence-corrected chi connectivity index (χ1v) is 2.99. The van der Waals surface area contributed by atoms with Gasteiger partial charge in [-0.15, -0.1) is 0 Å². The largest absolute Gasteiger partial charge is 0.438 e. The van der Waals surface area contributed by atoms with E-state index in [1.165, 1.54) is 6.20 Å². The van der Waals surface area contributed by atoms with Crippen molar-refractivity contribution in [3.63, 3.8) is 0 Å². The molecule has 0 radical (unpaired) electrons. The van der Waals surface area contributed by atoms with E-state index in [1.807, 2.05) is 0 Å². The third-order valence-electron chi connectivity index (χ3n) is 1.42. The zero-order valence-electron chi connectivity index (χ0n) is 5.52. The molecule has 56 valence electrons.